The van der Waals surface area contributed by atoms with E-state index in [0.29, 0.717) is 0 Å². The van der Waals surface area contributed by atoms with Crippen LogP contribution in [0.2, 0.25) is 0 Å². The molecule has 0 saturated carbocycles. The fourth-order valence-electron chi connectivity index (χ4n) is 5.60. The topological polar surface area (TPSA) is 7.12 Å². The minimum Gasteiger partial charge on any atom is -0.377 e. The summed E-state index contributed by atoms with van der Waals surface area (Å²) in [5.74, 6) is 0. The molecule has 0 bridgehead atoms. The third-order valence-electron chi connectivity index (χ3n) is 6.90. The molecule has 5 rings (SSSR count). The average molecular weight is 446 g/mol. The largest absolute Gasteiger partial charge is 0.377 e. The van der Waals surface area contributed by atoms with Gasteiger partial charge in [0.05, 0.1) is 10.8 Å². The molecule has 0 aliphatic rings. The zero-order valence-corrected chi connectivity index (χ0v) is 21.3. The zero-order valence-electron chi connectivity index (χ0n) is 21.3. The average Bonchev–Trinajstić information content (AvgIpc) is 2.78. The Morgan fingerprint density at radius 2 is 1.21 bits per heavy atom. The summed E-state index contributed by atoms with van der Waals surface area (Å²) in [6, 6.07) is 27.0. The van der Waals surface area contributed by atoms with Gasteiger partial charge in [-0.3, -0.25) is 0 Å². The Balaban J connectivity index is 2.10. The molecule has 1 heterocycles. The van der Waals surface area contributed by atoms with Crippen LogP contribution in [0.15, 0.2) is 72.8 Å². The van der Waals surface area contributed by atoms with Crippen molar-refractivity contribution in [2.45, 2.75) is 34.6 Å². The molecular formula is C32H33N2+. The number of anilines is 1. The summed E-state index contributed by atoms with van der Waals surface area (Å²) in [6.07, 6.45) is 0. The van der Waals surface area contributed by atoms with Crippen LogP contribution in [-0.2, 0) is 0 Å². The fourth-order valence-corrected chi connectivity index (χ4v) is 5.60. The standard InChI is InChI=1S/C32H33N2/c1-20-15-22(3)30(23(4)16-20)32-27-14-13-26(33(6)7)19-28(27)34(25-11-9-8-10-12-25)29-18-21(2)17-24(5)31(29)32/h8-19H,1-7H3/q+1. The molecule has 170 valence electrons. The molecule has 0 unspecified atom stereocenters. The van der Waals surface area contributed by atoms with E-state index >= 15 is 0 Å². The highest BCUT2D eigenvalue weighted by Gasteiger charge is 2.26. The monoisotopic (exact) mass is 445 g/mol. The Labute approximate surface area is 203 Å². The molecule has 34 heavy (non-hydrogen) atoms. The number of hydrogen-bond donors (Lipinski definition) is 0. The van der Waals surface area contributed by atoms with Gasteiger partial charge in [-0.2, -0.15) is 4.57 Å². The Hall–Kier alpha value is -3.65. The summed E-state index contributed by atoms with van der Waals surface area (Å²) in [5, 5.41) is 2.61. The van der Waals surface area contributed by atoms with Gasteiger partial charge in [0.15, 0.2) is 0 Å². The van der Waals surface area contributed by atoms with Crippen molar-refractivity contribution in [1.82, 2.24) is 0 Å². The molecule has 0 spiro atoms. The highest BCUT2D eigenvalue weighted by molar-refractivity contribution is 6.10. The van der Waals surface area contributed by atoms with Crippen LogP contribution < -0.4 is 9.47 Å². The van der Waals surface area contributed by atoms with Gasteiger partial charge < -0.3 is 4.90 Å². The van der Waals surface area contributed by atoms with Gasteiger partial charge in [0.1, 0.15) is 0 Å². The Morgan fingerprint density at radius 3 is 1.85 bits per heavy atom. The quantitative estimate of drug-likeness (QED) is 0.205. The summed E-state index contributed by atoms with van der Waals surface area (Å²) in [6.45, 7) is 11.1. The minimum atomic E-state index is 1.18. The van der Waals surface area contributed by atoms with Crippen LogP contribution >= 0.6 is 0 Å². The predicted octanol–water partition coefficient (Wildman–Crippen LogP) is 7.54. The Kier molecular flexibility index (Phi) is 5.40. The van der Waals surface area contributed by atoms with Crippen LogP contribution in [0.4, 0.5) is 5.69 Å². The Morgan fingerprint density at radius 1 is 0.588 bits per heavy atom. The molecule has 0 aliphatic carbocycles. The van der Waals surface area contributed by atoms with Crippen LogP contribution in [0.1, 0.15) is 27.8 Å². The first kappa shape index (κ1) is 22.2. The van der Waals surface area contributed by atoms with Crippen molar-refractivity contribution in [3.63, 3.8) is 0 Å². The van der Waals surface area contributed by atoms with E-state index in [0.717, 1.165) is 0 Å². The van der Waals surface area contributed by atoms with E-state index in [-0.39, 0.29) is 0 Å². The lowest BCUT2D eigenvalue weighted by atomic mass is 9.87. The second kappa shape index (κ2) is 8.29. The Bertz CT molecular complexity index is 1540. The van der Waals surface area contributed by atoms with Gasteiger partial charge in [-0.25, -0.2) is 0 Å². The summed E-state index contributed by atoms with van der Waals surface area (Å²) < 4.78 is 2.44. The highest BCUT2D eigenvalue weighted by Crippen LogP contribution is 2.41. The van der Waals surface area contributed by atoms with Crippen molar-refractivity contribution >= 4 is 27.5 Å². The number of nitrogens with zero attached hydrogens (tertiary/aromatic N) is 2. The first-order valence-corrected chi connectivity index (χ1v) is 12.0. The molecule has 2 heteroatoms. The van der Waals surface area contributed by atoms with Gasteiger partial charge in [0.25, 0.3) is 0 Å². The van der Waals surface area contributed by atoms with Crippen LogP contribution in [-0.4, -0.2) is 14.1 Å². The number of aryl methyl sites for hydroxylation is 5. The summed E-state index contributed by atoms with van der Waals surface area (Å²) in [4.78, 5) is 2.18. The number of aromatic nitrogens is 1. The van der Waals surface area contributed by atoms with Crippen molar-refractivity contribution in [3.05, 3.63) is 101 Å². The molecule has 5 aromatic rings. The van der Waals surface area contributed by atoms with E-state index in [9.17, 15) is 0 Å². The first-order valence-electron chi connectivity index (χ1n) is 12.0. The minimum absolute atomic E-state index is 1.18. The molecule has 1 aromatic heterocycles. The summed E-state index contributed by atoms with van der Waals surface area (Å²) in [7, 11) is 4.22. The molecule has 0 atom stereocenters. The second-order valence-corrected chi connectivity index (χ2v) is 9.89. The van der Waals surface area contributed by atoms with Crippen molar-refractivity contribution < 1.29 is 4.57 Å². The number of rotatable bonds is 3. The molecular weight excluding hydrogens is 412 g/mol. The van der Waals surface area contributed by atoms with Crippen LogP contribution in [0.5, 0.6) is 0 Å². The van der Waals surface area contributed by atoms with E-state index in [1.165, 1.54) is 72.1 Å². The highest BCUT2D eigenvalue weighted by atomic mass is 15.1. The van der Waals surface area contributed by atoms with Crippen molar-refractivity contribution in [3.8, 4) is 16.8 Å². The van der Waals surface area contributed by atoms with Crippen LogP contribution in [0.3, 0.4) is 0 Å². The first-order chi connectivity index (χ1) is 16.3. The maximum Gasteiger partial charge on any atom is 0.221 e. The van der Waals surface area contributed by atoms with Gasteiger partial charge in [-0.1, -0.05) is 42.0 Å². The number of fused-ring (bicyclic) bond motifs is 2. The smallest absolute Gasteiger partial charge is 0.221 e. The molecule has 2 nitrogen and oxygen atoms in total. The van der Waals surface area contributed by atoms with Gasteiger partial charge in [-0.15, -0.1) is 0 Å². The SMILES string of the molecule is Cc1cc(C)c(-c2c3ccc(N(C)C)cc3[n+](-c3ccccc3)c3cc(C)cc(C)c23)c(C)c1. The van der Waals surface area contributed by atoms with Crippen LogP contribution in [0.25, 0.3) is 38.6 Å². The van der Waals surface area contributed by atoms with E-state index < -0.39 is 0 Å². The zero-order chi connectivity index (χ0) is 24.1. The molecule has 4 aromatic carbocycles. The lowest BCUT2D eigenvalue weighted by Crippen LogP contribution is -2.33. The number of pyridine rings is 1. The van der Waals surface area contributed by atoms with E-state index in [1.54, 1.807) is 0 Å². The third kappa shape index (κ3) is 3.54. The van der Waals surface area contributed by atoms with E-state index in [1.807, 2.05) is 0 Å². The van der Waals surface area contributed by atoms with Gasteiger partial charge in [0.2, 0.25) is 16.7 Å². The van der Waals surface area contributed by atoms with Gasteiger partial charge >= 0.3 is 0 Å². The number of benzene rings is 4. The molecule has 0 saturated heterocycles. The van der Waals surface area contributed by atoms with Crippen molar-refractivity contribution in [2.75, 3.05) is 19.0 Å². The molecule has 0 aliphatic heterocycles. The maximum atomic E-state index is 2.44. The van der Waals surface area contributed by atoms with Crippen LogP contribution in [0, 0.1) is 34.6 Å². The van der Waals surface area contributed by atoms with Gasteiger partial charge in [-0.05, 0) is 74.6 Å². The summed E-state index contributed by atoms with van der Waals surface area (Å²) in [5.41, 5.74) is 14.1. The van der Waals surface area contributed by atoms with E-state index in [4.69, 9.17) is 0 Å². The van der Waals surface area contributed by atoms with Crippen molar-refractivity contribution in [1.29, 1.82) is 0 Å². The molecule has 0 amide bonds. The second-order valence-electron chi connectivity index (χ2n) is 9.89. The lowest BCUT2D eigenvalue weighted by Gasteiger charge is -2.19. The molecule has 0 fully saturated rings. The maximum absolute atomic E-state index is 2.44. The number of para-hydroxylation sites is 1. The van der Waals surface area contributed by atoms with Crippen molar-refractivity contribution in [2.24, 2.45) is 0 Å². The molecule has 0 N–H and O–H groups in total. The number of hydrogen-bond acceptors (Lipinski definition) is 1. The normalized spacial score (nSPS) is 11.4. The van der Waals surface area contributed by atoms with Gasteiger partial charge in [0, 0.05) is 49.6 Å². The molecule has 0 radical (unpaired) electrons. The predicted molar refractivity (Wildman–Crippen MR) is 146 cm³/mol. The third-order valence-corrected chi connectivity index (χ3v) is 6.90. The lowest BCUT2D eigenvalue weighted by molar-refractivity contribution is -0.537. The summed E-state index contributed by atoms with van der Waals surface area (Å²) >= 11 is 0. The fraction of sp³-hybridized carbons (Fsp3) is 0.219. The van der Waals surface area contributed by atoms with E-state index in [2.05, 4.69) is 131 Å².